The topological polar surface area (TPSA) is 83.1 Å². The number of hydrogen-bond donors (Lipinski definition) is 2. The Morgan fingerprint density at radius 3 is 2.38 bits per heavy atom. The number of amides is 1. The van der Waals surface area contributed by atoms with E-state index in [9.17, 15) is 9.18 Å². The van der Waals surface area contributed by atoms with Gasteiger partial charge in [0.2, 0.25) is 5.91 Å². The van der Waals surface area contributed by atoms with Crippen LogP contribution in [0.15, 0.2) is 85.3 Å². The van der Waals surface area contributed by atoms with E-state index in [0.717, 1.165) is 65.2 Å². The van der Waals surface area contributed by atoms with E-state index < -0.39 is 5.82 Å². The van der Waals surface area contributed by atoms with Crippen LogP contribution in [-0.2, 0) is 4.79 Å². The molecule has 5 aromatic rings. The van der Waals surface area contributed by atoms with Gasteiger partial charge in [0.05, 0.1) is 5.39 Å². The normalized spacial score (nSPS) is 13.9. The highest BCUT2D eigenvalue weighted by atomic mass is 19.1. The van der Waals surface area contributed by atoms with Crippen molar-refractivity contribution in [3.8, 4) is 22.6 Å². The van der Waals surface area contributed by atoms with Gasteiger partial charge in [0.25, 0.3) is 0 Å². The Hall–Kier alpha value is -4.72. The van der Waals surface area contributed by atoms with Gasteiger partial charge in [-0.05, 0) is 72.9 Å². The summed E-state index contributed by atoms with van der Waals surface area (Å²) in [5.74, 6) is 1.28. The van der Waals surface area contributed by atoms with Gasteiger partial charge in [-0.1, -0.05) is 36.4 Å². The number of hydrogen-bond acceptors (Lipinski definition) is 5. The van der Waals surface area contributed by atoms with Crippen LogP contribution in [-0.4, -0.2) is 33.9 Å². The van der Waals surface area contributed by atoms with Crippen LogP contribution < -0.4 is 15.0 Å². The number of nitrogens with one attached hydrogen (secondary N) is 2. The second-order valence-electron chi connectivity index (χ2n) is 9.78. The summed E-state index contributed by atoms with van der Waals surface area (Å²) in [5.41, 5.74) is 4.74. The minimum Gasteiger partial charge on any atom is -0.454 e. The number of piperidine rings is 1. The maximum atomic E-state index is 13.8. The third-order valence-electron chi connectivity index (χ3n) is 7.22. The third-order valence-corrected chi connectivity index (χ3v) is 7.22. The Morgan fingerprint density at radius 1 is 0.974 bits per heavy atom. The summed E-state index contributed by atoms with van der Waals surface area (Å²) in [6.45, 7) is 3.59. The summed E-state index contributed by atoms with van der Waals surface area (Å²) < 4.78 is 19.5. The van der Waals surface area contributed by atoms with E-state index in [1.54, 1.807) is 24.5 Å². The molecule has 1 aliphatic heterocycles. The van der Waals surface area contributed by atoms with Gasteiger partial charge in [0.1, 0.15) is 23.5 Å². The van der Waals surface area contributed by atoms with Crippen LogP contribution in [0.5, 0.6) is 11.5 Å². The second-order valence-corrected chi connectivity index (χ2v) is 9.78. The molecular weight excluding hydrogens is 493 g/mol. The molecule has 0 saturated carbocycles. The van der Waals surface area contributed by atoms with Gasteiger partial charge in [-0.25, -0.2) is 14.4 Å². The molecule has 39 heavy (non-hydrogen) atoms. The molecule has 6 rings (SSSR count). The first-order valence-electron chi connectivity index (χ1n) is 13.0. The molecule has 0 unspecified atom stereocenters. The molecule has 1 amide bonds. The largest absolute Gasteiger partial charge is 0.454 e. The molecule has 0 atom stereocenters. The van der Waals surface area contributed by atoms with Crippen LogP contribution >= 0.6 is 0 Å². The fraction of sp³-hybridized carbons (Fsp3) is 0.194. The first kappa shape index (κ1) is 24.6. The van der Waals surface area contributed by atoms with Gasteiger partial charge in [0, 0.05) is 30.9 Å². The molecule has 0 aliphatic carbocycles. The minimum absolute atomic E-state index is 0.0442. The predicted octanol–water partition coefficient (Wildman–Crippen LogP) is 6.72. The van der Waals surface area contributed by atoms with E-state index in [0.29, 0.717) is 5.75 Å². The van der Waals surface area contributed by atoms with Crippen molar-refractivity contribution in [1.29, 1.82) is 0 Å². The van der Waals surface area contributed by atoms with E-state index in [-0.39, 0.29) is 17.6 Å². The number of H-pyrrole nitrogens is 1. The second kappa shape index (κ2) is 10.6. The molecule has 8 heteroatoms. The number of anilines is 2. The molecule has 0 spiro atoms. The number of halogens is 1. The summed E-state index contributed by atoms with van der Waals surface area (Å²) in [6, 6.07) is 21.6. The highest BCUT2D eigenvalue weighted by Gasteiger charge is 2.27. The lowest BCUT2D eigenvalue weighted by molar-refractivity contribution is -0.120. The first-order valence-corrected chi connectivity index (χ1v) is 13.0. The molecule has 1 saturated heterocycles. The Labute approximate surface area is 225 Å². The fourth-order valence-electron chi connectivity index (χ4n) is 5.05. The van der Waals surface area contributed by atoms with Crippen LogP contribution in [0.25, 0.3) is 22.2 Å². The number of aromatic amines is 1. The van der Waals surface area contributed by atoms with E-state index >= 15 is 0 Å². The maximum absolute atomic E-state index is 13.8. The van der Waals surface area contributed by atoms with Crippen molar-refractivity contribution in [2.75, 3.05) is 23.3 Å². The standard InChI is InChI=1S/C31H28FN5O2/c1-20-18-33-29-28(20)30(35-19-34-29)37-16-14-23(15-17-37)31(38)36-24-10-6-21(7-11-24)22-8-12-25(13-9-22)39-27-5-3-2-4-26(27)32/h2-13,18-19,23H,14-17H2,1H3,(H,36,38)(H,33,34,35). The van der Waals surface area contributed by atoms with Gasteiger partial charge in [0.15, 0.2) is 11.6 Å². The van der Waals surface area contributed by atoms with Crippen molar-refractivity contribution in [2.24, 2.45) is 5.92 Å². The van der Waals surface area contributed by atoms with Gasteiger partial charge in [-0.3, -0.25) is 4.79 Å². The third kappa shape index (κ3) is 5.18. The minimum atomic E-state index is -0.399. The molecule has 2 aromatic heterocycles. The molecule has 3 heterocycles. The van der Waals surface area contributed by atoms with Crippen molar-refractivity contribution in [3.63, 3.8) is 0 Å². The monoisotopic (exact) mass is 521 g/mol. The maximum Gasteiger partial charge on any atom is 0.227 e. The lowest BCUT2D eigenvalue weighted by atomic mass is 9.95. The number of ether oxygens (including phenoxy) is 1. The zero-order valence-electron chi connectivity index (χ0n) is 21.5. The average Bonchev–Trinajstić information content (AvgIpc) is 3.36. The molecule has 1 fully saturated rings. The molecule has 3 aromatic carbocycles. The Kier molecular flexibility index (Phi) is 6.67. The Bertz CT molecular complexity index is 1610. The van der Waals surface area contributed by atoms with E-state index in [1.807, 2.05) is 54.7 Å². The quantitative estimate of drug-likeness (QED) is 0.259. The number of aryl methyl sites for hydroxylation is 1. The molecule has 0 radical (unpaired) electrons. The van der Waals surface area contributed by atoms with Crippen LogP contribution in [0.2, 0.25) is 0 Å². The van der Waals surface area contributed by atoms with Gasteiger partial charge < -0.3 is 19.9 Å². The molecular formula is C31H28FN5O2. The van der Waals surface area contributed by atoms with Crippen molar-refractivity contribution in [2.45, 2.75) is 19.8 Å². The Balaban J connectivity index is 1.05. The number of aromatic nitrogens is 3. The SMILES string of the molecule is Cc1c[nH]c2ncnc(N3CCC(C(=O)Nc4ccc(-c5ccc(Oc6ccccc6F)cc5)cc4)CC3)c12. The Morgan fingerprint density at radius 2 is 1.67 bits per heavy atom. The van der Waals surface area contributed by atoms with Crippen molar-refractivity contribution in [3.05, 3.63) is 96.7 Å². The lowest BCUT2D eigenvalue weighted by Crippen LogP contribution is -2.38. The van der Waals surface area contributed by atoms with Crippen LogP contribution in [0.4, 0.5) is 15.9 Å². The van der Waals surface area contributed by atoms with E-state index in [2.05, 4.69) is 32.1 Å². The summed E-state index contributed by atoms with van der Waals surface area (Å²) in [4.78, 5) is 27.3. The summed E-state index contributed by atoms with van der Waals surface area (Å²) >= 11 is 0. The van der Waals surface area contributed by atoms with Crippen LogP contribution in [0, 0.1) is 18.7 Å². The summed E-state index contributed by atoms with van der Waals surface area (Å²) in [7, 11) is 0. The molecule has 1 aliphatic rings. The van der Waals surface area contributed by atoms with Crippen molar-refractivity contribution >= 4 is 28.4 Å². The molecule has 0 bridgehead atoms. The number of rotatable bonds is 6. The zero-order valence-corrected chi connectivity index (χ0v) is 21.5. The van der Waals surface area contributed by atoms with Crippen LogP contribution in [0.1, 0.15) is 18.4 Å². The fourth-order valence-corrected chi connectivity index (χ4v) is 5.05. The number of nitrogens with zero attached hydrogens (tertiary/aromatic N) is 3. The van der Waals surface area contributed by atoms with Gasteiger partial charge >= 0.3 is 0 Å². The van der Waals surface area contributed by atoms with Crippen molar-refractivity contribution < 1.29 is 13.9 Å². The predicted molar refractivity (Wildman–Crippen MR) is 151 cm³/mol. The van der Waals surface area contributed by atoms with E-state index in [1.165, 1.54) is 6.07 Å². The average molecular weight is 522 g/mol. The number of benzene rings is 3. The highest BCUT2D eigenvalue weighted by molar-refractivity contribution is 5.93. The number of fused-ring (bicyclic) bond motifs is 1. The number of para-hydroxylation sites is 1. The van der Waals surface area contributed by atoms with Gasteiger partial charge in [-0.15, -0.1) is 0 Å². The lowest BCUT2D eigenvalue weighted by Gasteiger charge is -2.32. The highest BCUT2D eigenvalue weighted by Crippen LogP contribution is 2.31. The van der Waals surface area contributed by atoms with Crippen molar-refractivity contribution in [1.82, 2.24) is 15.0 Å². The first-order chi connectivity index (χ1) is 19.0. The van der Waals surface area contributed by atoms with Crippen LogP contribution in [0.3, 0.4) is 0 Å². The zero-order chi connectivity index (χ0) is 26.8. The molecule has 196 valence electrons. The van der Waals surface area contributed by atoms with E-state index in [4.69, 9.17) is 4.74 Å². The smallest absolute Gasteiger partial charge is 0.227 e. The number of carbonyl (C=O) groups excluding carboxylic acids is 1. The summed E-state index contributed by atoms with van der Waals surface area (Å²) in [5, 5.41) is 4.13. The molecule has 7 nitrogen and oxygen atoms in total. The number of carbonyl (C=O) groups is 1. The summed E-state index contributed by atoms with van der Waals surface area (Å²) in [6.07, 6.45) is 5.07. The van der Waals surface area contributed by atoms with Gasteiger partial charge in [-0.2, -0.15) is 0 Å². The molecule has 2 N–H and O–H groups in total.